The van der Waals surface area contributed by atoms with Gasteiger partial charge in [0.15, 0.2) is 0 Å². The molecule has 158 valence electrons. The Bertz CT molecular complexity index is 943. The number of carbonyl (C=O) groups is 3. The van der Waals surface area contributed by atoms with E-state index in [1.165, 1.54) is 19.1 Å². The Morgan fingerprint density at radius 1 is 1.07 bits per heavy atom. The van der Waals surface area contributed by atoms with Crippen molar-refractivity contribution >= 4 is 29.1 Å². The molecule has 0 aromatic heterocycles. The minimum atomic E-state index is -0.337. The van der Waals surface area contributed by atoms with E-state index in [0.29, 0.717) is 30.9 Å². The van der Waals surface area contributed by atoms with E-state index in [4.69, 9.17) is 0 Å². The summed E-state index contributed by atoms with van der Waals surface area (Å²) in [6.07, 6.45) is 1.60. The Morgan fingerprint density at radius 3 is 2.50 bits per heavy atom. The molecule has 3 amide bonds. The monoisotopic (exact) mass is 411 g/mol. The summed E-state index contributed by atoms with van der Waals surface area (Å²) in [6, 6.07) is 11.3. The highest BCUT2D eigenvalue weighted by atomic mass is 19.1. The third kappa shape index (κ3) is 5.65. The van der Waals surface area contributed by atoms with Crippen LogP contribution in [0.5, 0.6) is 0 Å². The number of benzene rings is 2. The van der Waals surface area contributed by atoms with Gasteiger partial charge in [0.1, 0.15) is 5.82 Å². The van der Waals surface area contributed by atoms with Crippen molar-refractivity contribution in [2.45, 2.75) is 33.1 Å². The van der Waals surface area contributed by atoms with Crippen LogP contribution in [0.25, 0.3) is 0 Å². The van der Waals surface area contributed by atoms with Gasteiger partial charge < -0.3 is 15.5 Å². The first-order valence-electron chi connectivity index (χ1n) is 10.0. The van der Waals surface area contributed by atoms with Crippen molar-refractivity contribution in [1.29, 1.82) is 0 Å². The van der Waals surface area contributed by atoms with Gasteiger partial charge in [0.25, 0.3) is 0 Å². The lowest BCUT2D eigenvalue weighted by Crippen LogP contribution is -2.44. The molecular weight excluding hydrogens is 385 g/mol. The maximum Gasteiger partial charge on any atom is 0.229 e. The summed E-state index contributed by atoms with van der Waals surface area (Å²) in [7, 11) is 0. The molecule has 6 nitrogen and oxygen atoms in total. The topological polar surface area (TPSA) is 78.5 Å². The predicted octanol–water partition coefficient (Wildman–Crippen LogP) is 3.51. The Balaban J connectivity index is 1.64. The van der Waals surface area contributed by atoms with Crippen molar-refractivity contribution in [3.05, 3.63) is 59.4 Å². The Morgan fingerprint density at radius 2 is 1.80 bits per heavy atom. The molecule has 1 atom stereocenters. The molecule has 2 N–H and O–H groups in total. The van der Waals surface area contributed by atoms with E-state index < -0.39 is 0 Å². The molecule has 0 saturated carbocycles. The van der Waals surface area contributed by atoms with Crippen LogP contribution in [0.3, 0.4) is 0 Å². The number of aryl methyl sites for hydroxylation is 1. The molecule has 1 aliphatic rings. The fraction of sp³-hybridized carbons (Fsp3) is 0.348. The molecule has 1 saturated heterocycles. The Hall–Kier alpha value is -3.22. The van der Waals surface area contributed by atoms with E-state index in [1.54, 1.807) is 23.1 Å². The first-order valence-corrected chi connectivity index (χ1v) is 10.0. The molecule has 0 bridgehead atoms. The summed E-state index contributed by atoms with van der Waals surface area (Å²) in [4.78, 5) is 38.7. The number of nitrogens with zero attached hydrogens (tertiary/aromatic N) is 1. The van der Waals surface area contributed by atoms with Crippen LogP contribution < -0.4 is 10.6 Å². The third-order valence-corrected chi connectivity index (χ3v) is 5.16. The third-order valence-electron chi connectivity index (χ3n) is 5.16. The highest BCUT2D eigenvalue weighted by Gasteiger charge is 2.28. The molecule has 0 aliphatic carbocycles. The average Bonchev–Trinajstić information content (AvgIpc) is 2.71. The van der Waals surface area contributed by atoms with Crippen LogP contribution >= 0.6 is 0 Å². The second-order valence-corrected chi connectivity index (χ2v) is 7.70. The van der Waals surface area contributed by atoms with Gasteiger partial charge in [0.2, 0.25) is 17.7 Å². The number of nitrogens with one attached hydrogen (secondary N) is 2. The number of hydrogen-bond donors (Lipinski definition) is 2. The van der Waals surface area contributed by atoms with Crippen molar-refractivity contribution in [3.63, 3.8) is 0 Å². The molecule has 1 heterocycles. The molecule has 0 radical (unpaired) electrons. The lowest BCUT2D eigenvalue weighted by atomic mass is 9.96. The molecule has 1 aliphatic heterocycles. The number of likely N-dealkylation sites (tertiary alicyclic amines) is 1. The Labute approximate surface area is 175 Å². The number of anilines is 2. The summed E-state index contributed by atoms with van der Waals surface area (Å²) in [6.45, 7) is 4.26. The largest absolute Gasteiger partial charge is 0.342 e. The fourth-order valence-corrected chi connectivity index (χ4v) is 3.60. The van der Waals surface area contributed by atoms with Gasteiger partial charge in [-0.25, -0.2) is 4.39 Å². The molecular formula is C23H26FN3O3. The van der Waals surface area contributed by atoms with Crippen LogP contribution in [-0.2, 0) is 20.8 Å². The van der Waals surface area contributed by atoms with Crippen molar-refractivity contribution in [2.24, 2.45) is 5.92 Å². The van der Waals surface area contributed by atoms with Crippen molar-refractivity contribution in [1.82, 2.24) is 4.90 Å². The van der Waals surface area contributed by atoms with E-state index in [2.05, 4.69) is 10.6 Å². The summed E-state index contributed by atoms with van der Waals surface area (Å²) in [5.41, 5.74) is 2.79. The molecule has 0 spiro atoms. The SMILES string of the molecule is CC(=O)Nc1ccc(C)cc1NC(=O)C1CCCN(C(=O)Cc2ccc(F)cc2)C1. The van der Waals surface area contributed by atoms with Crippen LogP contribution in [0.4, 0.5) is 15.8 Å². The second-order valence-electron chi connectivity index (χ2n) is 7.70. The average molecular weight is 411 g/mol. The molecule has 7 heteroatoms. The summed E-state index contributed by atoms with van der Waals surface area (Å²) in [5, 5.41) is 5.63. The maximum absolute atomic E-state index is 13.1. The van der Waals surface area contributed by atoms with E-state index in [9.17, 15) is 18.8 Å². The molecule has 1 fully saturated rings. The first-order chi connectivity index (χ1) is 14.3. The number of piperidine rings is 1. The molecule has 1 unspecified atom stereocenters. The molecule has 3 rings (SSSR count). The zero-order valence-electron chi connectivity index (χ0n) is 17.2. The normalized spacial score (nSPS) is 16.1. The second kappa shape index (κ2) is 9.52. The zero-order chi connectivity index (χ0) is 21.7. The van der Waals surface area contributed by atoms with Crippen molar-refractivity contribution in [3.8, 4) is 0 Å². The van der Waals surface area contributed by atoms with Crippen molar-refractivity contribution in [2.75, 3.05) is 23.7 Å². The van der Waals surface area contributed by atoms with Crippen LogP contribution in [0.1, 0.15) is 30.9 Å². The van der Waals surface area contributed by atoms with Gasteiger partial charge in [-0.3, -0.25) is 14.4 Å². The van der Waals surface area contributed by atoms with Gasteiger partial charge in [-0.2, -0.15) is 0 Å². The molecule has 2 aromatic carbocycles. The standard InChI is InChI=1S/C23H26FN3O3/c1-15-5-10-20(25-16(2)28)21(12-15)26-23(30)18-4-3-11-27(14-18)22(29)13-17-6-8-19(24)9-7-17/h5-10,12,18H,3-4,11,13-14H2,1-2H3,(H,25,28)(H,26,30). The van der Waals surface area contributed by atoms with Crippen LogP contribution in [0.15, 0.2) is 42.5 Å². The number of amides is 3. The lowest BCUT2D eigenvalue weighted by molar-refractivity contribution is -0.134. The quantitative estimate of drug-likeness (QED) is 0.790. The highest BCUT2D eigenvalue weighted by molar-refractivity contribution is 6.00. The van der Waals surface area contributed by atoms with Gasteiger partial charge in [0, 0.05) is 20.0 Å². The smallest absolute Gasteiger partial charge is 0.229 e. The minimum Gasteiger partial charge on any atom is -0.342 e. The van der Waals surface area contributed by atoms with Gasteiger partial charge in [-0.05, 0) is 55.2 Å². The maximum atomic E-state index is 13.1. The summed E-state index contributed by atoms with van der Waals surface area (Å²) < 4.78 is 13.1. The Kier molecular flexibility index (Phi) is 6.82. The minimum absolute atomic E-state index is 0.0754. The van der Waals surface area contributed by atoms with Gasteiger partial charge in [0.05, 0.1) is 23.7 Å². The van der Waals surface area contributed by atoms with E-state index in [1.807, 2.05) is 19.1 Å². The van der Waals surface area contributed by atoms with Gasteiger partial charge in [-0.1, -0.05) is 18.2 Å². The summed E-state index contributed by atoms with van der Waals surface area (Å²) in [5.74, 6) is -1.14. The summed E-state index contributed by atoms with van der Waals surface area (Å²) >= 11 is 0. The predicted molar refractivity (Wildman–Crippen MR) is 114 cm³/mol. The number of rotatable bonds is 5. The van der Waals surface area contributed by atoms with Crippen molar-refractivity contribution < 1.29 is 18.8 Å². The highest BCUT2D eigenvalue weighted by Crippen LogP contribution is 2.26. The molecule has 30 heavy (non-hydrogen) atoms. The first kappa shape index (κ1) is 21.5. The lowest BCUT2D eigenvalue weighted by Gasteiger charge is -2.32. The number of hydrogen-bond acceptors (Lipinski definition) is 3. The van der Waals surface area contributed by atoms with Gasteiger partial charge >= 0.3 is 0 Å². The zero-order valence-corrected chi connectivity index (χ0v) is 17.2. The molecule has 2 aromatic rings. The van der Waals surface area contributed by atoms with Gasteiger partial charge in [-0.15, -0.1) is 0 Å². The van der Waals surface area contributed by atoms with E-state index >= 15 is 0 Å². The van der Waals surface area contributed by atoms with Crippen LogP contribution in [-0.4, -0.2) is 35.7 Å². The number of halogens is 1. The fourth-order valence-electron chi connectivity index (χ4n) is 3.60. The van der Waals surface area contributed by atoms with Crippen LogP contribution in [0.2, 0.25) is 0 Å². The van der Waals surface area contributed by atoms with E-state index in [0.717, 1.165) is 17.5 Å². The van der Waals surface area contributed by atoms with E-state index in [-0.39, 0.29) is 35.9 Å². The van der Waals surface area contributed by atoms with Crippen LogP contribution in [0, 0.1) is 18.7 Å². The number of carbonyl (C=O) groups excluding carboxylic acids is 3.